The van der Waals surface area contributed by atoms with Crippen LogP contribution in [0.4, 0.5) is 10.6 Å². The van der Waals surface area contributed by atoms with Crippen LogP contribution < -0.4 is 4.90 Å². The third kappa shape index (κ3) is 2.32. The lowest BCUT2D eigenvalue weighted by atomic mass is 9.89. The molecule has 0 aromatic carbocycles. The molecule has 5 heteroatoms. The number of hydrogen-bond acceptors (Lipinski definition) is 3. The lowest BCUT2D eigenvalue weighted by Crippen LogP contribution is -2.46. The van der Waals surface area contributed by atoms with Crippen LogP contribution in [0.2, 0.25) is 0 Å². The fraction of sp³-hybridized carbons (Fsp3) is 0.600. The number of carbonyl (C=O) groups excluding carboxylic acids is 1. The zero-order valence-corrected chi connectivity index (χ0v) is 13.6. The Morgan fingerprint density at radius 3 is 2.80 bits per heavy atom. The van der Waals surface area contributed by atoms with Gasteiger partial charge in [-0.3, -0.25) is 0 Å². The zero-order valence-electron chi connectivity index (χ0n) is 12.0. The first-order chi connectivity index (χ1) is 9.32. The van der Waals surface area contributed by atoms with Gasteiger partial charge in [0.05, 0.1) is 4.95 Å². The fourth-order valence-electron chi connectivity index (χ4n) is 2.80. The van der Waals surface area contributed by atoms with Crippen LogP contribution in [0.5, 0.6) is 0 Å². The molecular formula is C15H19BrN2O2. The number of alkyl halides is 1. The van der Waals surface area contributed by atoms with Crippen LogP contribution in [0.15, 0.2) is 18.3 Å². The van der Waals surface area contributed by atoms with Gasteiger partial charge in [-0.15, -0.1) is 0 Å². The highest BCUT2D eigenvalue weighted by atomic mass is 79.9. The van der Waals surface area contributed by atoms with Crippen LogP contribution in [0.1, 0.15) is 45.6 Å². The van der Waals surface area contributed by atoms with Crippen LogP contribution in [-0.4, -0.2) is 21.6 Å². The Bertz CT molecular complexity index is 549. The summed E-state index contributed by atoms with van der Waals surface area (Å²) in [5.74, 6) is 0.743. The lowest BCUT2D eigenvalue weighted by Gasteiger charge is -2.38. The maximum atomic E-state index is 12.5. The molecule has 1 atom stereocenters. The molecular weight excluding hydrogens is 320 g/mol. The highest BCUT2D eigenvalue weighted by Gasteiger charge is 2.53. The summed E-state index contributed by atoms with van der Waals surface area (Å²) in [5.41, 5.74) is 0.894. The second-order valence-electron chi connectivity index (χ2n) is 6.64. The van der Waals surface area contributed by atoms with Crippen LogP contribution in [-0.2, 0) is 10.2 Å². The molecule has 1 fully saturated rings. The van der Waals surface area contributed by atoms with Crippen molar-refractivity contribution < 1.29 is 9.53 Å². The Morgan fingerprint density at radius 1 is 1.50 bits per heavy atom. The summed E-state index contributed by atoms with van der Waals surface area (Å²) in [6, 6.07) is 4.03. The lowest BCUT2D eigenvalue weighted by molar-refractivity contribution is 0.0571. The molecule has 1 aliphatic heterocycles. The van der Waals surface area contributed by atoms with Crippen molar-refractivity contribution >= 4 is 27.8 Å². The highest BCUT2D eigenvalue weighted by Crippen LogP contribution is 2.58. The Hall–Kier alpha value is -1.10. The van der Waals surface area contributed by atoms with Crippen molar-refractivity contribution in [2.75, 3.05) is 4.90 Å². The largest absolute Gasteiger partial charge is 0.443 e. The normalized spacial score (nSPS) is 23.4. The molecule has 1 amide bonds. The number of anilines is 1. The summed E-state index contributed by atoms with van der Waals surface area (Å²) in [6.07, 6.45) is 4.67. The third-order valence-electron chi connectivity index (χ3n) is 3.87. The molecule has 1 unspecified atom stereocenters. The van der Waals surface area contributed by atoms with E-state index >= 15 is 0 Å². The molecule has 1 aromatic rings. The topological polar surface area (TPSA) is 42.4 Å². The third-order valence-corrected chi connectivity index (χ3v) is 4.60. The molecule has 2 heterocycles. The van der Waals surface area contributed by atoms with Crippen molar-refractivity contribution in [3.05, 3.63) is 23.9 Å². The van der Waals surface area contributed by atoms with E-state index in [1.165, 1.54) is 18.4 Å². The molecule has 1 spiro atoms. The van der Waals surface area contributed by atoms with Gasteiger partial charge in [-0.25, -0.2) is 14.7 Å². The number of fused-ring (bicyclic) bond motifs is 2. The van der Waals surface area contributed by atoms with Gasteiger partial charge in [0, 0.05) is 17.2 Å². The van der Waals surface area contributed by atoms with Crippen molar-refractivity contribution in [1.29, 1.82) is 0 Å². The van der Waals surface area contributed by atoms with Crippen LogP contribution in [0.25, 0.3) is 0 Å². The smallest absolute Gasteiger partial charge is 0.417 e. The molecule has 108 valence electrons. The molecule has 1 aromatic heterocycles. The molecule has 0 N–H and O–H groups in total. The molecule has 4 nitrogen and oxygen atoms in total. The summed E-state index contributed by atoms with van der Waals surface area (Å²) in [4.78, 5) is 18.5. The van der Waals surface area contributed by atoms with Gasteiger partial charge in [-0.05, 0) is 46.1 Å². The number of hydrogen-bond donors (Lipinski definition) is 0. The van der Waals surface area contributed by atoms with E-state index in [2.05, 4.69) is 27.0 Å². The minimum Gasteiger partial charge on any atom is -0.443 e. The minimum absolute atomic E-state index is 0.0535. The van der Waals surface area contributed by atoms with Gasteiger partial charge in [0.15, 0.2) is 0 Å². The summed E-state index contributed by atoms with van der Waals surface area (Å²) in [7, 11) is 0. The zero-order chi connectivity index (χ0) is 14.5. The van der Waals surface area contributed by atoms with Gasteiger partial charge in [0.2, 0.25) is 0 Å². The average Bonchev–Trinajstić information content (AvgIpc) is 3.07. The maximum Gasteiger partial charge on any atom is 0.417 e. The summed E-state index contributed by atoms with van der Waals surface area (Å²) >= 11 is 3.63. The number of aromatic nitrogens is 1. The summed E-state index contributed by atoms with van der Waals surface area (Å²) in [6.45, 7) is 5.62. The van der Waals surface area contributed by atoms with Gasteiger partial charge in [-0.1, -0.05) is 22.0 Å². The van der Waals surface area contributed by atoms with E-state index in [0.29, 0.717) is 0 Å². The molecule has 20 heavy (non-hydrogen) atoms. The van der Waals surface area contributed by atoms with Crippen LogP contribution >= 0.6 is 15.9 Å². The quantitative estimate of drug-likeness (QED) is 0.530. The van der Waals surface area contributed by atoms with Crippen LogP contribution in [0, 0.1) is 0 Å². The first kappa shape index (κ1) is 13.9. The van der Waals surface area contributed by atoms with Gasteiger partial charge in [0.1, 0.15) is 11.4 Å². The van der Waals surface area contributed by atoms with Crippen molar-refractivity contribution in [1.82, 2.24) is 4.98 Å². The van der Waals surface area contributed by atoms with E-state index in [1.807, 2.05) is 26.8 Å². The van der Waals surface area contributed by atoms with Gasteiger partial charge >= 0.3 is 6.09 Å². The fourth-order valence-corrected chi connectivity index (χ4v) is 3.78. The van der Waals surface area contributed by atoms with E-state index in [0.717, 1.165) is 12.2 Å². The van der Waals surface area contributed by atoms with E-state index in [4.69, 9.17) is 4.74 Å². The minimum atomic E-state index is -0.506. The Morgan fingerprint density at radius 2 is 2.20 bits per heavy atom. The molecule has 0 radical (unpaired) electrons. The van der Waals surface area contributed by atoms with E-state index < -0.39 is 5.60 Å². The number of rotatable bonds is 0. The summed E-state index contributed by atoms with van der Waals surface area (Å²) in [5, 5.41) is 0. The van der Waals surface area contributed by atoms with E-state index in [9.17, 15) is 4.79 Å². The Balaban J connectivity index is 1.97. The summed E-state index contributed by atoms with van der Waals surface area (Å²) < 4.78 is 5.51. The van der Waals surface area contributed by atoms with Gasteiger partial charge in [0.25, 0.3) is 0 Å². The maximum absolute atomic E-state index is 12.5. The first-order valence-corrected chi connectivity index (χ1v) is 7.86. The molecule has 1 saturated carbocycles. The van der Waals surface area contributed by atoms with E-state index in [-0.39, 0.29) is 16.5 Å². The van der Waals surface area contributed by atoms with Crippen molar-refractivity contribution in [3.8, 4) is 0 Å². The molecule has 1 aliphatic carbocycles. The molecule has 0 saturated heterocycles. The SMILES string of the molecule is CC(C)(C)OC(=O)N1c2ncccc2C2(CC2)CC1Br. The Kier molecular flexibility index (Phi) is 3.08. The second-order valence-corrected chi connectivity index (χ2v) is 7.70. The Labute approximate surface area is 127 Å². The van der Waals surface area contributed by atoms with Crippen molar-refractivity contribution in [3.63, 3.8) is 0 Å². The van der Waals surface area contributed by atoms with Gasteiger partial charge in [-0.2, -0.15) is 0 Å². The number of pyridine rings is 1. The van der Waals surface area contributed by atoms with E-state index in [1.54, 1.807) is 11.1 Å². The number of halogens is 1. The molecule has 2 aliphatic rings. The first-order valence-electron chi connectivity index (χ1n) is 6.94. The number of nitrogens with zero attached hydrogens (tertiary/aromatic N) is 2. The molecule has 3 rings (SSSR count). The molecule has 0 bridgehead atoms. The average molecular weight is 339 g/mol. The van der Waals surface area contributed by atoms with Crippen molar-refractivity contribution in [2.45, 2.75) is 56.0 Å². The predicted molar refractivity (Wildman–Crippen MR) is 81.2 cm³/mol. The number of carbonyl (C=O) groups is 1. The highest BCUT2D eigenvalue weighted by molar-refractivity contribution is 9.09. The second kappa shape index (κ2) is 4.45. The standard InChI is InChI=1S/C15H19BrN2O2/c1-14(2,3)20-13(19)18-11(16)9-15(6-7-15)10-5-4-8-17-12(10)18/h4-5,8,11H,6-7,9H2,1-3H3. The predicted octanol–water partition coefficient (Wildman–Crippen LogP) is 3.98. The van der Waals surface area contributed by atoms with Crippen molar-refractivity contribution in [2.24, 2.45) is 0 Å². The van der Waals surface area contributed by atoms with Gasteiger partial charge < -0.3 is 4.74 Å². The number of amides is 1. The number of ether oxygens (including phenoxy) is 1. The van der Waals surface area contributed by atoms with Crippen LogP contribution in [0.3, 0.4) is 0 Å². The monoisotopic (exact) mass is 338 g/mol.